The number of aliphatic hydroxyl groups excluding tert-OH is 1. The standard InChI is InChI=1S/C18H19F2N3O2/c19-13-4-3-5-14(20)17(13)15(24)11-22-18(25)12-6-7-16(21-10-12)23-8-1-2-9-23/h3-7,10,15,24H,1-2,8-9,11H2,(H,22,25). The van der Waals surface area contributed by atoms with Gasteiger partial charge in [0, 0.05) is 25.8 Å². The predicted molar refractivity (Wildman–Crippen MR) is 89.3 cm³/mol. The first-order valence-corrected chi connectivity index (χ1v) is 8.17. The Kier molecular flexibility index (Phi) is 5.23. The van der Waals surface area contributed by atoms with Gasteiger partial charge in [0.2, 0.25) is 0 Å². The lowest BCUT2D eigenvalue weighted by atomic mass is 10.1. The minimum Gasteiger partial charge on any atom is -0.386 e. The highest BCUT2D eigenvalue weighted by atomic mass is 19.1. The SMILES string of the molecule is O=C(NCC(O)c1c(F)cccc1F)c1ccc(N2CCCC2)nc1. The molecule has 0 spiro atoms. The largest absolute Gasteiger partial charge is 0.386 e. The van der Waals surface area contributed by atoms with Gasteiger partial charge in [0.15, 0.2) is 0 Å². The summed E-state index contributed by atoms with van der Waals surface area (Å²) in [4.78, 5) is 18.5. The van der Waals surface area contributed by atoms with Crippen LogP contribution in [-0.4, -0.2) is 35.6 Å². The van der Waals surface area contributed by atoms with Crippen molar-refractivity contribution in [1.82, 2.24) is 10.3 Å². The number of benzene rings is 1. The Morgan fingerprint density at radius 1 is 1.20 bits per heavy atom. The highest BCUT2D eigenvalue weighted by molar-refractivity contribution is 5.94. The maximum atomic E-state index is 13.6. The summed E-state index contributed by atoms with van der Waals surface area (Å²) in [7, 11) is 0. The van der Waals surface area contributed by atoms with Crippen molar-refractivity contribution in [3.8, 4) is 0 Å². The molecular formula is C18H19F2N3O2. The van der Waals surface area contributed by atoms with E-state index in [2.05, 4.69) is 15.2 Å². The summed E-state index contributed by atoms with van der Waals surface area (Å²) >= 11 is 0. The molecule has 1 aromatic carbocycles. The van der Waals surface area contributed by atoms with Crippen LogP contribution in [-0.2, 0) is 0 Å². The van der Waals surface area contributed by atoms with Crippen LogP contribution < -0.4 is 10.2 Å². The molecule has 1 aromatic heterocycles. The molecule has 25 heavy (non-hydrogen) atoms. The lowest BCUT2D eigenvalue weighted by Gasteiger charge is -2.16. The predicted octanol–water partition coefficient (Wildman–Crippen LogP) is 2.42. The normalized spacial score (nSPS) is 15.2. The van der Waals surface area contributed by atoms with Gasteiger partial charge in [0.25, 0.3) is 5.91 Å². The molecule has 2 heterocycles. The average molecular weight is 347 g/mol. The molecule has 1 unspecified atom stereocenters. The van der Waals surface area contributed by atoms with Crippen LogP contribution in [0.3, 0.4) is 0 Å². The number of anilines is 1. The Morgan fingerprint density at radius 3 is 2.48 bits per heavy atom. The van der Waals surface area contributed by atoms with Gasteiger partial charge < -0.3 is 15.3 Å². The minimum atomic E-state index is -1.47. The molecule has 1 amide bonds. The molecule has 2 aromatic rings. The number of hydrogen-bond donors (Lipinski definition) is 2. The zero-order chi connectivity index (χ0) is 17.8. The van der Waals surface area contributed by atoms with Gasteiger partial charge in [0.05, 0.1) is 11.1 Å². The summed E-state index contributed by atoms with van der Waals surface area (Å²) in [5, 5.41) is 12.4. The van der Waals surface area contributed by atoms with Crippen molar-refractivity contribution in [3.05, 3.63) is 59.3 Å². The first kappa shape index (κ1) is 17.3. The Morgan fingerprint density at radius 2 is 1.88 bits per heavy atom. The average Bonchev–Trinajstić information content (AvgIpc) is 3.14. The maximum Gasteiger partial charge on any atom is 0.252 e. The van der Waals surface area contributed by atoms with Crippen molar-refractivity contribution in [3.63, 3.8) is 0 Å². The molecule has 3 rings (SSSR count). The van der Waals surface area contributed by atoms with E-state index >= 15 is 0 Å². The molecule has 7 heteroatoms. The van der Waals surface area contributed by atoms with Crippen LogP contribution in [0, 0.1) is 11.6 Å². The zero-order valence-electron chi connectivity index (χ0n) is 13.6. The van der Waals surface area contributed by atoms with Crippen molar-refractivity contribution >= 4 is 11.7 Å². The van der Waals surface area contributed by atoms with Crippen LogP contribution in [0.25, 0.3) is 0 Å². The fraction of sp³-hybridized carbons (Fsp3) is 0.333. The Labute approximate surface area is 144 Å². The van der Waals surface area contributed by atoms with E-state index in [1.165, 1.54) is 12.3 Å². The van der Waals surface area contributed by atoms with E-state index in [4.69, 9.17) is 0 Å². The van der Waals surface area contributed by atoms with E-state index in [9.17, 15) is 18.7 Å². The number of nitrogens with zero attached hydrogens (tertiary/aromatic N) is 2. The molecule has 1 aliphatic rings. The second kappa shape index (κ2) is 7.57. The molecular weight excluding hydrogens is 328 g/mol. The van der Waals surface area contributed by atoms with Crippen LogP contribution in [0.1, 0.15) is 34.9 Å². The zero-order valence-corrected chi connectivity index (χ0v) is 13.6. The van der Waals surface area contributed by atoms with Gasteiger partial charge in [-0.05, 0) is 37.1 Å². The molecule has 0 saturated carbocycles. The molecule has 0 aliphatic carbocycles. The van der Waals surface area contributed by atoms with Gasteiger partial charge in [-0.2, -0.15) is 0 Å². The van der Waals surface area contributed by atoms with Gasteiger partial charge in [-0.25, -0.2) is 13.8 Å². The fourth-order valence-corrected chi connectivity index (χ4v) is 2.88. The highest BCUT2D eigenvalue weighted by Gasteiger charge is 2.19. The molecule has 1 fully saturated rings. The van der Waals surface area contributed by atoms with Crippen LogP contribution in [0.4, 0.5) is 14.6 Å². The van der Waals surface area contributed by atoms with Gasteiger partial charge in [0.1, 0.15) is 23.6 Å². The van der Waals surface area contributed by atoms with Gasteiger partial charge >= 0.3 is 0 Å². The summed E-state index contributed by atoms with van der Waals surface area (Å²) in [6, 6.07) is 6.75. The van der Waals surface area contributed by atoms with Gasteiger partial charge in [-0.3, -0.25) is 4.79 Å². The molecule has 5 nitrogen and oxygen atoms in total. The molecule has 1 atom stereocenters. The van der Waals surface area contributed by atoms with E-state index < -0.39 is 29.2 Å². The Balaban J connectivity index is 1.60. The number of carbonyl (C=O) groups excluding carboxylic acids is 1. The third-order valence-corrected chi connectivity index (χ3v) is 4.23. The second-order valence-electron chi connectivity index (χ2n) is 5.96. The van der Waals surface area contributed by atoms with E-state index in [0.29, 0.717) is 5.56 Å². The van der Waals surface area contributed by atoms with Crippen molar-refractivity contribution in [1.29, 1.82) is 0 Å². The van der Waals surface area contributed by atoms with Crippen molar-refractivity contribution in [2.75, 3.05) is 24.5 Å². The minimum absolute atomic E-state index is 0.301. The van der Waals surface area contributed by atoms with Crippen LogP contribution in [0.5, 0.6) is 0 Å². The summed E-state index contributed by atoms with van der Waals surface area (Å²) in [6.45, 7) is 1.61. The van der Waals surface area contributed by atoms with Gasteiger partial charge in [-0.15, -0.1) is 0 Å². The lowest BCUT2D eigenvalue weighted by molar-refractivity contribution is 0.0911. The number of amides is 1. The first-order valence-electron chi connectivity index (χ1n) is 8.17. The highest BCUT2D eigenvalue weighted by Crippen LogP contribution is 2.20. The number of rotatable bonds is 5. The summed E-state index contributed by atoms with van der Waals surface area (Å²) in [6.07, 6.45) is 2.25. The summed E-state index contributed by atoms with van der Waals surface area (Å²) in [5.74, 6) is -1.34. The monoisotopic (exact) mass is 347 g/mol. The molecule has 0 radical (unpaired) electrons. The summed E-state index contributed by atoms with van der Waals surface area (Å²) < 4.78 is 27.2. The number of aliphatic hydroxyl groups is 1. The maximum absolute atomic E-state index is 13.6. The molecule has 0 bridgehead atoms. The number of nitrogens with one attached hydrogen (secondary N) is 1. The molecule has 132 valence electrons. The van der Waals surface area contributed by atoms with Crippen molar-refractivity contribution < 1.29 is 18.7 Å². The first-order chi connectivity index (χ1) is 12.1. The van der Waals surface area contributed by atoms with E-state index in [0.717, 1.165) is 43.9 Å². The van der Waals surface area contributed by atoms with Crippen molar-refractivity contribution in [2.24, 2.45) is 0 Å². The van der Waals surface area contributed by atoms with Crippen LogP contribution in [0.2, 0.25) is 0 Å². The molecule has 1 saturated heterocycles. The van der Waals surface area contributed by atoms with Crippen molar-refractivity contribution in [2.45, 2.75) is 18.9 Å². The lowest BCUT2D eigenvalue weighted by Crippen LogP contribution is -2.29. The number of halogens is 2. The van der Waals surface area contributed by atoms with E-state index in [-0.39, 0.29) is 6.54 Å². The van der Waals surface area contributed by atoms with Gasteiger partial charge in [-0.1, -0.05) is 6.07 Å². The number of hydrogen-bond acceptors (Lipinski definition) is 4. The third-order valence-electron chi connectivity index (χ3n) is 4.23. The molecule has 1 aliphatic heterocycles. The van der Waals surface area contributed by atoms with Crippen LogP contribution in [0.15, 0.2) is 36.5 Å². The number of carbonyl (C=O) groups is 1. The second-order valence-corrected chi connectivity index (χ2v) is 5.96. The number of aromatic nitrogens is 1. The Hall–Kier alpha value is -2.54. The fourth-order valence-electron chi connectivity index (χ4n) is 2.88. The third kappa shape index (κ3) is 3.93. The molecule has 2 N–H and O–H groups in total. The summed E-state index contributed by atoms with van der Waals surface area (Å²) in [5.41, 5.74) is -0.130. The van der Waals surface area contributed by atoms with Crippen LogP contribution >= 0.6 is 0 Å². The number of pyridine rings is 1. The topological polar surface area (TPSA) is 65.5 Å². The Bertz CT molecular complexity index is 726. The smallest absolute Gasteiger partial charge is 0.252 e. The quantitative estimate of drug-likeness (QED) is 0.872. The van der Waals surface area contributed by atoms with E-state index in [1.54, 1.807) is 12.1 Å². The van der Waals surface area contributed by atoms with E-state index in [1.807, 2.05) is 0 Å².